The number of carboxylic acid groups (broad SMARTS) is 1. The molecule has 1 amide bonds. The van der Waals surface area contributed by atoms with Crippen molar-refractivity contribution in [1.29, 1.82) is 15.8 Å². The Morgan fingerprint density at radius 3 is 1.16 bits per heavy atom. The third-order valence-electron chi connectivity index (χ3n) is 21.2. The standard InChI is InChI=1S/C48H67N5O11S.C29H36N6O3S.C25H33N5O4S.CH4/c1-6-8-10-12-14-16-18-39(48(57)58)33-44(55)62-31-29-61-27-26-59-24-22-53(23-25-60-28-30-63-45(56)34-41(64-36-54)19-17-15-13-11-9-7-2)40-20-21-43(37(3)32-40)51-52-47-42(35-49)38(4)46(50-5)65-47;1-6-9-10-11-12-13-14-23(38-20-36)18-27(37)32-26-17-22(35(7-2)8-3)15-16-25(26)33-34-29-24(19-30)21(4)28(31-5)39-29;1-5-11-32-15-16-34-13-9-30(8-12-33-14-10-31)21-6-7-23(19(2)17-21)28-29-25-22(18-26)20(3)24(27-4)35-25;/h14-17,20-21,32,36,39,41H,6-13,18-19,22-31,33-34H2,1-4H3,(H,57,58);12-13,15-17,20,23H,6-11,14,18H2,1-4H3,(H,32,37);6-7,17,31H,5,8-16H2,1-3H3;1H4/b16-14+,17-15+,52-51?;13-12+,34-33?;;. The third-order valence-corrected chi connectivity index (χ3v) is 24.4. The van der Waals surface area contributed by atoms with Gasteiger partial charge in [-0.2, -0.15) is 15.8 Å². The van der Waals surface area contributed by atoms with E-state index in [0.29, 0.717) is 184 Å². The normalized spacial score (nSPS) is 11.7. The highest BCUT2D eigenvalue weighted by molar-refractivity contribution is 7.21. The van der Waals surface area contributed by atoms with Crippen LogP contribution >= 0.6 is 34.0 Å². The van der Waals surface area contributed by atoms with E-state index in [1.807, 2.05) is 107 Å². The van der Waals surface area contributed by atoms with E-state index < -0.39 is 36.0 Å². The number of rotatable bonds is 69. The quantitative estimate of drug-likeness (QED) is 0.00607. The van der Waals surface area contributed by atoms with Gasteiger partial charge in [-0.1, -0.05) is 110 Å². The van der Waals surface area contributed by atoms with Crippen LogP contribution < -0.4 is 20.0 Å². The largest absolute Gasteiger partial charge is 0.481 e. The molecule has 6 aromatic rings. The monoisotopic (exact) mass is 1980 g/mol. The van der Waals surface area contributed by atoms with E-state index in [2.05, 4.69) is 117 Å². The first kappa shape index (κ1) is 122. The van der Waals surface area contributed by atoms with E-state index >= 15 is 0 Å². The van der Waals surface area contributed by atoms with E-state index in [1.165, 1.54) is 11.3 Å². The number of nitriles is 3. The highest BCUT2D eigenvalue weighted by atomic mass is 32.1. The zero-order valence-electron chi connectivity index (χ0n) is 82.2. The topological polar surface area (TPSA) is 416 Å². The predicted octanol–water partition coefficient (Wildman–Crippen LogP) is 24.5. The van der Waals surface area contributed by atoms with Gasteiger partial charge in [0.2, 0.25) is 20.9 Å². The number of carbonyl (C=O) groups excluding carboxylic acids is 5. The fraction of sp³-hybridized carbons (Fsp3) is 0.534. The Morgan fingerprint density at radius 2 is 0.800 bits per heavy atom. The molecule has 758 valence electrons. The number of anilines is 4. The van der Waals surface area contributed by atoms with Gasteiger partial charge >= 0.3 is 17.9 Å². The summed E-state index contributed by atoms with van der Waals surface area (Å²) in [6.07, 6.45) is 25.3. The molecule has 0 radical (unpaired) electrons. The molecule has 3 unspecified atom stereocenters. The van der Waals surface area contributed by atoms with Crippen molar-refractivity contribution < 1.29 is 86.3 Å². The van der Waals surface area contributed by atoms with Crippen molar-refractivity contribution in [2.75, 3.05) is 158 Å². The van der Waals surface area contributed by atoms with Crippen molar-refractivity contribution in [3.05, 3.63) is 170 Å². The summed E-state index contributed by atoms with van der Waals surface area (Å²) in [7, 11) is 0. The van der Waals surface area contributed by atoms with Crippen molar-refractivity contribution in [1.82, 2.24) is 0 Å². The molecule has 3 aromatic carbocycles. The number of thiophene rings is 3. The maximum Gasteiger partial charge on any atom is 0.309 e. The van der Waals surface area contributed by atoms with Crippen molar-refractivity contribution >= 4 is 141 Å². The molecule has 3 atom stereocenters. The molecule has 3 N–H and O–H groups in total. The van der Waals surface area contributed by atoms with Crippen molar-refractivity contribution in [2.45, 2.75) is 218 Å². The number of aryl methyl sites for hydroxylation is 2. The number of aliphatic hydroxyl groups is 1. The van der Waals surface area contributed by atoms with Crippen LogP contribution in [0.4, 0.5) is 69.8 Å². The molecule has 140 heavy (non-hydrogen) atoms. The number of aliphatic hydroxyl groups excluding tert-OH is 1. The number of allylic oxidation sites excluding steroid dienone is 4. The minimum absolute atomic E-state index is 0. The molecule has 0 bridgehead atoms. The molecule has 3 aromatic heterocycles. The van der Waals surface area contributed by atoms with Gasteiger partial charge < -0.3 is 77.6 Å². The molecule has 0 aliphatic rings. The van der Waals surface area contributed by atoms with Crippen LogP contribution in [0, 0.1) is 94.2 Å². The lowest BCUT2D eigenvalue weighted by Crippen LogP contribution is -2.31. The zero-order valence-corrected chi connectivity index (χ0v) is 84.6. The zero-order chi connectivity index (χ0) is 102. The highest BCUT2D eigenvalue weighted by Crippen LogP contribution is 2.45. The van der Waals surface area contributed by atoms with Gasteiger partial charge in [0.05, 0.1) is 158 Å². The van der Waals surface area contributed by atoms with Gasteiger partial charge in [0, 0.05) is 75.8 Å². The first-order valence-corrected chi connectivity index (χ1v) is 49.6. The van der Waals surface area contributed by atoms with Gasteiger partial charge in [0.1, 0.15) is 64.3 Å². The molecular weight excluding hydrogens is 1850 g/mol. The number of aliphatic carboxylic acids is 1. The van der Waals surface area contributed by atoms with Gasteiger partial charge in [0.25, 0.3) is 12.9 Å². The minimum atomic E-state index is -1.03. The van der Waals surface area contributed by atoms with Crippen LogP contribution in [0.1, 0.15) is 215 Å². The van der Waals surface area contributed by atoms with Gasteiger partial charge in [-0.25, -0.2) is 14.5 Å². The Kier molecular flexibility index (Phi) is 65.0. The van der Waals surface area contributed by atoms with E-state index in [1.54, 1.807) is 26.8 Å². The van der Waals surface area contributed by atoms with Crippen LogP contribution in [0.3, 0.4) is 0 Å². The molecular formula is C103H140N16O18S3. The second-order valence-electron chi connectivity index (χ2n) is 31.5. The number of benzene rings is 3. The van der Waals surface area contributed by atoms with Gasteiger partial charge in [-0.3, -0.25) is 28.8 Å². The van der Waals surface area contributed by atoms with Gasteiger partial charge in [-0.05, 0) is 182 Å². The van der Waals surface area contributed by atoms with Crippen LogP contribution in [0.25, 0.3) is 14.5 Å². The number of carboxylic acids is 1. The van der Waals surface area contributed by atoms with Crippen LogP contribution in [-0.4, -0.2) is 198 Å². The van der Waals surface area contributed by atoms with Crippen LogP contribution in [0.2, 0.25) is 0 Å². The maximum absolute atomic E-state index is 13.0. The van der Waals surface area contributed by atoms with Crippen LogP contribution in [0.5, 0.6) is 0 Å². The van der Waals surface area contributed by atoms with Crippen LogP contribution in [-0.2, 0) is 76.1 Å². The van der Waals surface area contributed by atoms with Crippen LogP contribution in [0.15, 0.2) is 122 Å². The summed E-state index contributed by atoms with van der Waals surface area (Å²) in [4.78, 5) is 88.1. The van der Waals surface area contributed by atoms with E-state index in [9.17, 15) is 49.7 Å². The lowest BCUT2D eigenvalue weighted by Gasteiger charge is -2.25. The Labute approximate surface area is 838 Å². The Hall–Kier alpha value is -12.3. The van der Waals surface area contributed by atoms with Gasteiger partial charge in [-0.15, -0.1) is 64.7 Å². The summed E-state index contributed by atoms with van der Waals surface area (Å²) in [5, 5.41) is 78.2. The number of azo groups is 3. The number of ether oxygens (including phenoxy) is 10. The van der Waals surface area contributed by atoms with Crippen molar-refractivity contribution in [2.24, 2.45) is 36.6 Å². The predicted molar refractivity (Wildman–Crippen MR) is 550 cm³/mol. The van der Waals surface area contributed by atoms with Crippen molar-refractivity contribution in [3.8, 4) is 18.2 Å². The van der Waals surface area contributed by atoms with Crippen molar-refractivity contribution in [3.63, 3.8) is 0 Å². The number of carbonyl (C=O) groups is 6. The SMILES string of the molecule is C.[C-]#[N+]c1sc(N=Nc2ccc(N(CC)CC)cc2NC(=O)CC(C/C=C/CCCCC)OC=O)c(C#N)c1C.[C-]#[N+]c1sc(N=Nc2ccc(N(CCOCCO)CCOCCOCCC)cc2C)c(C#N)c1C.[C-]#[N+]c1sc(N=Nc2ccc(N(CCOCCOCCOC(=O)CC(C/C=C/CCCCC)C(=O)O)CCOCCOC(=O)CC(C/C=C/CCCCC)OC=O)cc2C)c(C#N)c1C. The number of hydrogen-bond acceptors (Lipinski definition) is 32. The molecule has 0 aliphatic carbocycles. The first-order chi connectivity index (χ1) is 67.5. The molecule has 0 saturated heterocycles. The summed E-state index contributed by atoms with van der Waals surface area (Å²) >= 11 is 3.40. The molecule has 34 nitrogen and oxygen atoms in total. The fourth-order valence-electron chi connectivity index (χ4n) is 13.4. The smallest absolute Gasteiger partial charge is 0.309 e. The first-order valence-electron chi connectivity index (χ1n) is 47.2. The summed E-state index contributed by atoms with van der Waals surface area (Å²) in [6, 6.07) is 23.4. The lowest BCUT2D eigenvalue weighted by molar-refractivity contribution is -0.152. The summed E-state index contributed by atoms with van der Waals surface area (Å²) in [6.45, 7) is 52.8. The fourth-order valence-corrected chi connectivity index (χ4v) is 16.0. The highest BCUT2D eigenvalue weighted by Gasteiger charge is 2.24. The molecule has 0 aliphatic heterocycles. The number of amides is 1. The second kappa shape index (κ2) is 74.7. The third kappa shape index (κ3) is 47.1. The Balaban J connectivity index is 0.000000575. The molecule has 0 fully saturated rings. The Morgan fingerprint density at radius 1 is 0.443 bits per heavy atom. The molecule has 3 heterocycles. The van der Waals surface area contributed by atoms with Gasteiger partial charge in [0.15, 0.2) is 0 Å². The summed E-state index contributed by atoms with van der Waals surface area (Å²) < 4.78 is 54.6. The number of hydrogen-bond donors (Lipinski definition) is 3. The molecule has 0 spiro atoms. The maximum atomic E-state index is 13.0. The van der Waals surface area contributed by atoms with E-state index in [0.717, 1.165) is 154 Å². The number of nitrogens with one attached hydrogen (secondary N) is 1. The average molecular weight is 1990 g/mol. The number of nitrogens with zero attached hydrogens (tertiary/aromatic N) is 15. The minimum Gasteiger partial charge on any atom is -0.481 e. The number of esters is 2. The lowest BCUT2D eigenvalue weighted by atomic mass is 10.0. The number of unbranched alkanes of at least 4 members (excludes halogenated alkanes) is 9. The van der Waals surface area contributed by atoms with E-state index in [-0.39, 0.29) is 85.3 Å². The summed E-state index contributed by atoms with van der Waals surface area (Å²) in [5.41, 5.74) is 9.54. The second-order valence-corrected chi connectivity index (χ2v) is 34.5. The molecule has 37 heteroatoms. The molecule has 0 saturated carbocycles. The average Bonchev–Trinajstić information content (AvgIpc) is 1.68. The summed E-state index contributed by atoms with van der Waals surface area (Å²) in [5.74, 6) is -3.26. The van der Waals surface area contributed by atoms with E-state index in [4.69, 9.17) is 72.2 Å². The Bertz CT molecular complexity index is 5180. The molecule has 6 rings (SSSR count).